The van der Waals surface area contributed by atoms with Crippen molar-refractivity contribution in [1.29, 1.82) is 0 Å². The molecule has 0 atom stereocenters. The number of aliphatic hydroxyl groups is 1. The van der Waals surface area contributed by atoms with Crippen LogP contribution in [-0.4, -0.2) is 36.3 Å². The average Bonchev–Trinajstić information content (AvgIpc) is 2.93. The Morgan fingerprint density at radius 3 is 2.64 bits per heavy atom. The molecular formula is C17H32IN3O. The van der Waals surface area contributed by atoms with Crippen molar-refractivity contribution in [2.24, 2.45) is 4.99 Å². The highest BCUT2D eigenvalue weighted by Crippen LogP contribution is 2.29. The molecule has 1 saturated carbocycles. The molecule has 0 spiro atoms. The van der Waals surface area contributed by atoms with Gasteiger partial charge in [-0.05, 0) is 51.9 Å². The molecule has 0 saturated heterocycles. The van der Waals surface area contributed by atoms with Crippen molar-refractivity contribution in [1.82, 2.24) is 10.6 Å². The predicted octanol–water partition coefficient (Wildman–Crippen LogP) is 3.36. The van der Waals surface area contributed by atoms with Crippen molar-refractivity contribution in [3.05, 3.63) is 11.6 Å². The van der Waals surface area contributed by atoms with Gasteiger partial charge in [0.25, 0.3) is 0 Å². The lowest BCUT2D eigenvalue weighted by molar-refractivity contribution is 0.0574. The summed E-state index contributed by atoms with van der Waals surface area (Å²) < 4.78 is 0. The molecule has 22 heavy (non-hydrogen) atoms. The van der Waals surface area contributed by atoms with E-state index in [1.807, 2.05) is 0 Å². The molecule has 4 nitrogen and oxygen atoms in total. The molecule has 0 radical (unpaired) electrons. The summed E-state index contributed by atoms with van der Waals surface area (Å²) in [5.74, 6) is 0.842. The maximum absolute atomic E-state index is 10.4. The second-order valence-electron chi connectivity index (χ2n) is 6.41. The first kappa shape index (κ1) is 19.7. The Morgan fingerprint density at radius 1 is 1.23 bits per heavy atom. The maximum Gasteiger partial charge on any atom is 0.191 e. The Kier molecular flexibility index (Phi) is 9.40. The highest BCUT2D eigenvalue weighted by atomic mass is 127. The van der Waals surface area contributed by atoms with E-state index in [0.29, 0.717) is 6.54 Å². The first-order chi connectivity index (χ1) is 10.2. The van der Waals surface area contributed by atoms with E-state index in [9.17, 15) is 5.11 Å². The molecule has 2 aliphatic rings. The molecule has 0 amide bonds. The summed E-state index contributed by atoms with van der Waals surface area (Å²) in [6, 6.07) is 0. The first-order valence-corrected chi connectivity index (χ1v) is 8.64. The number of guanidine groups is 1. The first-order valence-electron chi connectivity index (χ1n) is 8.64. The van der Waals surface area contributed by atoms with Gasteiger partial charge in [0.2, 0.25) is 0 Å². The van der Waals surface area contributed by atoms with Crippen LogP contribution < -0.4 is 10.6 Å². The van der Waals surface area contributed by atoms with E-state index in [2.05, 4.69) is 28.6 Å². The molecule has 0 unspecified atom stereocenters. The van der Waals surface area contributed by atoms with Crippen LogP contribution in [0, 0.1) is 0 Å². The second-order valence-corrected chi connectivity index (χ2v) is 6.41. The van der Waals surface area contributed by atoms with Gasteiger partial charge in [-0.2, -0.15) is 0 Å². The smallest absolute Gasteiger partial charge is 0.191 e. The van der Waals surface area contributed by atoms with Gasteiger partial charge in [-0.25, -0.2) is 0 Å². The Bertz CT molecular complexity index is 376. The Labute approximate surface area is 152 Å². The minimum absolute atomic E-state index is 0. The molecule has 3 N–H and O–H groups in total. The Hall–Kier alpha value is -0.300. The highest BCUT2D eigenvalue weighted by Gasteiger charge is 2.30. The molecule has 0 aromatic rings. The van der Waals surface area contributed by atoms with E-state index in [4.69, 9.17) is 0 Å². The van der Waals surface area contributed by atoms with E-state index in [1.54, 1.807) is 5.57 Å². The zero-order chi connectivity index (χ0) is 15.0. The van der Waals surface area contributed by atoms with Crippen molar-refractivity contribution < 1.29 is 5.11 Å². The lowest BCUT2D eigenvalue weighted by Gasteiger charge is -2.20. The third-order valence-electron chi connectivity index (χ3n) is 4.53. The Morgan fingerprint density at radius 2 is 2.00 bits per heavy atom. The summed E-state index contributed by atoms with van der Waals surface area (Å²) >= 11 is 0. The predicted molar refractivity (Wildman–Crippen MR) is 104 cm³/mol. The van der Waals surface area contributed by atoms with Crippen LogP contribution in [0.5, 0.6) is 0 Å². The van der Waals surface area contributed by atoms with Gasteiger partial charge in [0.15, 0.2) is 5.96 Å². The second kappa shape index (κ2) is 10.5. The monoisotopic (exact) mass is 421 g/mol. The number of rotatable bonds is 6. The van der Waals surface area contributed by atoms with Gasteiger partial charge in [-0.15, -0.1) is 24.0 Å². The van der Waals surface area contributed by atoms with Gasteiger partial charge in [0, 0.05) is 13.1 Å². The molecule has 5 heteroatoms. The summed E-state index contributed by atoms with van der Waals surface area (Å²) in [5.41, 5.74) is 1.02. The van der Waals surface area contributed by atoms with Crippen molar-refractivity contribution >= 4 is 29.9 Å². The molecule has 128 valence electrons. The molecule has 2 rings (SSSR count). The van der Waals surface area contributed by atoms with E-state index in [-0.39, 0.29) is 24.0 Å². The third kappa shape index (κ3) is 6.86. The van der Waals surface area contributed by atoms with Crippen molar-refractivity contribution in [3.8, 4) is 0 Å². The molecule has 0 aromatic heterocycles. The molecule has 0 aromatic carbocycles. The van der Waals surface area contributed by atoms with E-state index >= 15 is 0 Å². The van der Waals surface area contributed by atoms with Gasteiger partial charge in [-0.1, -0.05) is 24.5 Å². The van der Waals surface area contributed by atoms with Crippen LogP contribution in [0.2, 0.25) is 0 Å². The summed E-state index contributed by atoms with van der Waals surface area (Å²) in [6.45, 7) is 4.37. The topological polar surface area (TPSA) is 56.7 Å². The summed E-state index contributed by atoms with van der Waals surface area (Å²) in [6.07, 6.45) is 12.7. The van der Waals surface area contributed by atoms with Crippen molar-refractivity contribution in [2.45, 2.75) is 70.3 Å². The highest BCUT2D eigenvalue weighted by molar-refractivity contribution is 14.0. The van der Waals surface area contributed by atoms with Crippen LogP contribution >= 0.6 is 24.0 Å². The largest absolute Gasteiger partial charge is 0.388 e. The van der Waals surface area contributed by atoms with Crippen LogP contribution in [0.25, 0.3) is 0 Å². The number of allylic oxidation sites excluding steroid dienone is 1. The van der Waals surface area contributed by atoms with Crippen LogP contribution in [0.1, 0.15) is 64.7 Å². The minimum Gasteiger partial charge on any atom is -0.388 e. The number of nitrogens with zero attached hydrogens (tertiary/aromatic N) is 1. The quantitative estimate of drug-likeness (QED) is 0.267. The number of aliphatic imine (C=N–C) groups is 1. The molecule has 0 aliphatic heterocycles. The Balaban J connectivity index is 0.00000242. The van der Waals surface area contributed by atoms with E-state index < -0.39 is 5.60 Å². The van der Waals surface area contributed by atoms with Crippen molar-refractivity contribution in [2.75, 3.05) is 19.6 Å². The normalized spacial score (nSPS) is 21.0. The molecule has 0 bridgehead atoms. The molecular weight excluding hydrogens is 389 g/mol. The van der Waals surface area contributed by atoms with Gasteiger partial charge in [0.1, 0.15) is 0 Å². The van der Waals surface area contributed by atoms with Crippen LogP contribution in [0.3, 0.4) is 0 Å². The molecule has 2 aliphatic carbocycles. The summed E-state index contributed by atoms with van der Waals surface area (Å²) in [5, 5.41) is 17.0. The van der Waals surface area contributed by atoms with Crippen molar-refractivity contribution in [3.63, 3.8) is 0 Å². The van der Waals surface area contributed by atoms with Crippen LogP contribution in [0.15, 0.2) is 16.6 Å². The zero-order valence-electron chi connectivity index (χ0n) is 13.9. The summed E-state index contributed by atoms with van der Waals surface area (Å²) in [4.78, 5) is 4.57. The number of hydrogen-bond donors (Lipinski definition) is 3. The SMILES string of the molecule is CCNC(=NCC1(O)CCCC1)NCCC1=CCCCC1.I. The molecule has 0 heterocycles. The molecule has 1 fully saturated rings. The van der Waals surface area contributed by atoms with Crippen LogP contribution in [0.4, 0.5) is 0 Å². The fourth-order valence-electron chi connectivity index (χ4n) is 3.23. The number of nitrogens with one attached hydrogen (secondary N) is 2. The van der Waals surface area contributed by atoms with Crippen LogP contribution in [-0.2, 0) is 0 Å². The van der Waals surface area contributed by atoms with E-state index in [0.717, 1.165) is 51.2 Å². The zero-order valence-corrected chi connectivity index (χ0v) is 16.2. The van der Waals surface area contributed by atoms with Gasteiger partial charge in [-0.3, -0.25) is 4.99 Å². The lowest BCUT2D eigenvalue weighted by atomic mass is 9.97. The summed E-state index contributed by atoms with van der Waals surface area (Å²) in [7, 11) is 0. The average molecular weight is 421 g/mol. The van der Waals surface area contributed by atoms with Gasteiger partial charge >= 0.3 is 0 Å². The maximum atomic E-state index is 10.4. The standard InChI is InChI=1S/C17H31N3O.HI/c1-2-18-16(20-14-17(21)11-6-7-12-17)19-13-10-15-8-4-3-5-9-15;/h8,21H,2-7,9-14H2,1H3,(H2,18,19,20);1H. The third-order valence-corrected chi connectivity index (χ3v) is 4.53. The van der Waals surface area contributed by atoms with E-state index in [1.165, 1.54) is 25.7 Å². The fraction of sp³-hybridized carbons (Fsp3) is 0.824. The number of hydrogen-bond acceptors (Lipinski definition) is 2. The number of halogens is 1. The lowest BCUT2D eigenvalue weighted by Crippen LogP contribution is -2.39. The van der Waals surface area contributed by atoms with Gasteiger partial charge in [0.05, 0.1) is 12.1 Å². The minimum atomic E-state index is -0.561. The van der Waals surface area contributed by atoms with Gasteiger partial charge < -0.3 is 15.7 Å². The fourth-order valence-corrected chi connectivity index (χ4v) is 3.23.